The molecule has 3 N–H and O–H groups in total. The number of hydrogen-bond donors (Lipinski definition) is 2. The molecule has 0 aliphatic heterocycles. The zero-order chi connectivity index (χ0) is 15.0. The lowest BCUT2D eigenvalue weighted by atomic mass is 10.2. The van der Waals surface area contributed by atoms with Crippen molar-refractivity contribution >= 4 is 33.0 Å². The van der Waals surface area contributed by atoms with Crippen LogP contribution in [0.2, 0.25) is 0 Å². The van der Waals surface area contributed by atoms with Crippen LogP contribution in [0.25, 0.3) is 10.1 Å². The maximum atomic E-state index is 13.8. The van der Waals surface area contributed by atoms with E-state index in [-0.39, 0.29) is 29.6 Å². The van der Waals surface area contributed by atoms with E-state index in [0.29, 0.717) is 15.0 Å². The summed E-state index contributed by atoms with van der Waals surface area (Å²) in [6, 6.07) is 4.84. The monoisotopic (exact) mass is 308 g/mol. The number of hydrogen-bond acceptors (Lipinski definition) is 4. The van der Waals surface area contributed by atoms with Crippen molar-refractivity contribution in [1.29, 1.82) is 0 Å². The summed E-state index contributed by atoms with van der Waals surface area (Å²) in [4.78, 5) is 12.7. The van der Waals surface area contributed by atoms with E-state index in [9.17, 15) is 9.18 Å². The molecule has 1 aromatic heterocycles. The highest BCUT2D eigenvalue weighted by atomic mass is 32.1. The maximum Gasteiger partial charge on any atom is 0.263 e. The van der Waals surface area contributed by atoms with E-state index in [2.05, 4.69) is 5.32 Å². The Morgan fingerprint density at radius 2 is 2.29 bits per heavy atom. The largest absolute Gasteiger partial charge is 0.397 e. The molecule has 1 fully saturated rings. The van der Waals surface area contributed by atoms with Gasteiger partial charge in [0.25, 0.3) is 5.91 Å². The fraction of sp³-hybridized carbons (Fsp3) is 0.400. The van der Waals surface area contributed by atoms with E-state index in [1.807, 2.05) is 0 Å². The van der Waals surface area contributed by atoms with Crippen molar-refractivity contribution in [2.45, 2.75) is 31.4 Å². The van der Waals surface area contributed by atoms with E-state index in [1.54, 1.807) is 19.2 Å². The number of carbonyl (C=O) groups is 1. The van der Waals surface area contributed by atoms with Crippen LogP contribution in [0.15, 0.2) is 18.2 Å². The number of thiophene rings is 1. The van der Waals surface area contributed by atoms with Gasteiger partial charge in [-0.1, -0.05) is 6.07 Å². The first-order valence-corrected chi connectivity index (χ1v) is 7.72. The van der Waals surface area contributed by atoms with Crippen LogP contribution in [0.5, 0.6) is 0 Å². The van der Waals surface area contributed by atoms with Crippen LogP contribution >= 0.6 is 11.3 Å². The Morgan fingerprint density at radius 3 is 2.95 bits per heavy atom. The highest BCUT2D eigenvalue weighted by Crippen LogP contribution is 2.35. The Labute approximate surface area is 126 Å². The first-order chi connectivity index (χ1) is 10.1. The molecule has 1 saturated carbocycles. The lowest BCUT2D eigenvalue weighted by Gasteiger charge is -2.12. The highest BCUT2D eigenvalue weighted by molar-refractivity contribution is 7.21. The van der Waals surface area contributed by atoms with Crippen LogP contribution in [0, 0.1) is 5.82 Å². The van der Waals surface area contributed by atoms with Gasteiger partial charge in [-0.05, 0) is 31.4 Å². The molecule has 2 atom stereocenters. The van der Waals surface area contributed by atoms with Gasteiger partial charge in [0.1, 0.15) is 10.7 Å². The second-order valence-corrected chi connectivity index (χ2v) is 6.35. The third-order valence-electron chi connectivity index (χ3n) is 3.96. The predicted molar refractivity (Wildman–Crippen MR) is 82.1 cm³/mol. The molecule has 2 aromatic rings. The van der Waals surface area contributed by atoms with Gasteiger partial charge < -0.3 is 15.8 Å². The number of ether oxygens (including phenoxy) is 1. The number of nitrogen functional groups attached to an aromatic ring is 1. The quantitative estimate of drug-likeness (QED) is 0.916. The van der Waals surface area contributed by atoms with E-state index >= 15 is 0 Å². The van der Waals surface area contributed by atoms with Gasteiger partial charge in [-0.15, -0.1) is 11.3 Å². The topological polar surface area (TPSA) is 64.3 Å². The molecule has 1 amide bonds. The van der Waals surface area contributed by atoms with Crippen molar-refractivity contribution in [3.63, 3.8) is 0 Å². The van der Waals surface area contributed by atoms with Gasteiger partial charge in [0.2, 0.25) is 0 Å². The fourth-order valence-electron chi connectivity index (χ4n) is 2.83. The van der Waals surface area contributed by atoms with Crippen LogP contribution in [0.1, 0.15) is 28.9 Å². The molecule has 1 heterocycles. The predicted octanol–water partition coefficient (Wildman–Crippen LogP) is 2.92. The molecule has 0 spiro atoms. The Kier molecular flexibility index (Phi) is 3.82. The molecule has 0 saturated heterocycles. The fourth-order valence-corrected chi connectivity index (χ4v) is 3.87. The van der Waals surface area contributed by atoms with Crippen molar-refractivity contribution < 1.29 is 13.9 Å². The van der Waals surface area contributed by atoms with Gasteiger partial charge in [-0.2, -0.15) is 0 Å². The molecule has 1 aliphatic carbocycles. The minimum absolute atomic E-state index is 0.0944. The number of fused-ring (bicyclic) bond motifs is 1. The standard InChI is InChI=1S/C15H17FN2O2S/c1-20-9-6-5-8(7-9)18-15(19)14-13(17)12-10(16)3-2-4-11(12)21-14/h2-4,8-9H,5-7,17H2,1H3,(H,18,19). The molecule has 0 radical (unpaired) electrons. The Morgan fingerprint density at radius 1 is 1.48 bits per heavy atom. The second kappa shape index (κ2) is 5.61. The van der Waals surface area contributed by atoms with Gasteiger partial charge in [0.15, 0.2) is 0 Å². The van der Waals surface area contributed by atoms with Gasteiger partial charge in [0, 0.05) is 17.9 Å². The number of rotatable bonds is 3. The molecular weight excluding hydrogens is 291 g/mol. The molecule has 0 bridgehead atoms. The summed E-state index contributed by atoms with van der Waals surface area (Å²) in [5.41, 5.74) is 6.18. The van der Waals surface area contributed by atoms with Gasteiger partial charge in [-0.3, -0.25) is 4.79 Å². The van der Waals surface area contributed by atoms with Crippen LogP contribution in [0.4, 0.5) is 10.1 Å². The second-order valence-electron chi connectivity index (χ2n) is 5.30. The zero-order valence-corrected chi connectivity index (χ0v) is 12.5. The van der Waals surface area contributed by atoms with Gasteiger partial charge >= 0.3 is 0 Å². The van der Waals surface area contributed by atoms with Crippen LogP contribution in [-0.2, 0) is 4.74 Å². The summed E-state index contributed by atoms with van der Waals surface area (Å²) in [6.07, 6.45) is 2.84. The molecule has 21 heavy (non-hydrogen) atoms. The summed E-state index contributed by atoms with van der Waals surface area (Å²) in [5.74, 6) is -0.615. The van der Waals surface area contributed by atoms with Gasteiger partial charge in [0.05, 0.1) is 17.2 Å². The number of nitrogens with two attached hydrogens (primary N) is 1. The lowest BCUT2D eigenvalue weighted by Crippen LogP contribution is -2.33. The van der Waals surface area contributed by atoms with Crippen molar-refractivity contribution in [3.8, 4) is 0 Å². The first kappa shape index (κ1) is 14.3. The molecule has 3 rings (SSSR count). The summed E-state index contributed by atoms with van der Waals surface area (Å²) < 4.78 is 19.8. The average molecular weight is 308 g/mol. The van der Waals surface area contributed by atoms with Crippen LogP contribution in [-0.4, -0.2) is 25.2 Å². The molecule has 2 unspecified atom stereocenters. The van der Waals surface area contributed by atoms with Crippen molar-refractivity contribution in [3.05, 3.63) is 28.9 Å². The Bertz CT molecular complexity index is 686. The van der Waals surface area contributed by atoms with E-state index in [1.165, 1.54) is 17.4 Å². The zero-order valence-electron chi connectivity index (χ0n) is 11.7. The van der Waals surface area contributed by atoms with Crippen LogP contribution < -0.4 is 11.1 Å². The number of methoxy groups -OCH3 is 1. The van der Waals surface area contributed by atoms with E-state index < -0.39 is 0 Å². The smallest absolute Gasteiger partial charge is 0.263 e. The molecule has 112 valence electrons. The summed E-state index contributed by atoms with van der Waals surface area (Å²) in [7, 11) is 1.68. The third-order valence-corrected chi connectivity index (χ3v) is 5.13. The minimum Gasteiger partial charge on any atom is -0.397 e. The lowest BCUT2D eigenvalue weighted by molar-refractivity contribution is 0.0919. The molecule has 1 aromatic carbocycles. The van der Waals surface area contributed by atoms with Crippen molar-refractivity contribution in [2.24, 2.45) is 0 Å². The molecule has 1 aliphatic rings. The molecule has 4 nitrogen and oxygen atoms in total. The normalized spacial score (nSPS) is 21.8. The number of nitrogens with one attached hydrogen (secondary N) is 1. The molecular formula is C15H17FN2O2S. The van der Waals surface area contributed by atoms with E-state index in [4.69, 9.17) is 10.5 Å². The summed E-state index contributed by atoms with van der Waals surface area (Å²) >= 11 is 1.23. The third kappa shape index (κ3) is 2.61. The first-order valence-electron chi connectivity index (χ1n) is 6.90. The summed E-state index contributed by atoms with van der Waals surface area (Å²) in [5, 5.41) is 3.31. The summed E-state index contributed by atoms with van der Waals surface area (Å²) in [6.45, 7) is 0. The van der Waals surface area contributed by atoms with Crippen molar-refractivity contribution in [1.82, 2.24) is 5.32 Å². The van der Waals surface area contributed by atoms with Gasteiger partial charge in [-0.25, -0.2) is 4.39 Å². The number of benzene rings is 1. The number of carbonyl (C=O) groups excluding carboxylic acids is 1. The maximum absolute atomic E-state index is 13.8. The van der Waals surface area contributed by atoms with Crippen LogP contribution in [0.3, 0.4) is 0 Å². The minimum atomic E-state index is -0.388. The highest BCUT2D eigenvalue weighted by Gasteiger charge is 2.27. The van der Waals surface area contributed by atoms with E-state index in [0.717, 1.165) is 19.3 Å². The van der Waals surface area contributed by atoms with Crippen molar-refractivity contribution in [2.75, 3.05) is 12.8 Å². The average Bonchev–Trinajstić information content (AvgIpc) is 3.04. The number of anilines is 1. The number of halogens is 1. The Hall–Kier alpha value is -1.66. The Balaban J connectivity index is 1.82. The SMILES string of the molecule is COC1CCC(NC(=O)c2sc3cccc(F)c3c2N)C1. The molecule has 6 heteroatoms. The number of amides is 1.